The van der Waals surface area contributed by atoms with Crippen molar-refractivity contribution in [3.63, 3.8) is 0 Å². The molecule has 5 nitrogen and oxygen atoms in total. The topological polar surface area (TPSA) is 89.6 Å². The lowest BCUT2D eigenvalue weighted by Crippen LogP contribution is -2.27. The summed E-state index contributed by atoms with van der Waals surface area (Å²) < 4.78 is 4.58. The van der Waals surface area contributed by atoms with Crippen molar-refractivity contribution in [3.05, 3.63) is 72.3 Å². The lowest BCUT2D eigenvalue weighted by molar-refractivity contribution is -0.136. The zero-order valence-corrected chi connectivity index (χ0v) is 17.0. The van der Waals surface area contributed by atoms with E-state index in [1.54, 1.807) is 20.8 Å². The number of carbonyl (C=O) groups excluding carboxylic acids is 1. The zero-order valence-electron chi connectivity index (χ0n) is 17.0. The van der Waals surface area contributed by atoms with Crippen LogP contribution in [-0.2, 0) is 16.0 Å². The molecule has 0 aliphatic heterocycles. The Morgan fingerprint density at radius 1 is 0.897 bits per heavy atom. The number of primary amides is 1. The van der Waals surface area contributed by atoms with Crippen LogP contribution in [0.1, 0.15) is 32.8 Å². The summed E-state index contributed by atoms with van der Waals surface area (Å²) in [5.74, 6) is -0.756. The number of ether oxygens (including phenoxy) is 1. The molecule has 0 unspecified atom stereocenters. The molecule has 3 aromatic rings. The summed E-state index contributed by atoms with van der Waals surface area (Å²) >= 11 is 0. The van der Waals surface area contributed by atoms with Gasteiger partial charge in [0, 0.05) is 6.42 Å². The van der Waals surface area contributed by atoms with Crippen LogP contribution in [0.4, 0.5) is 4.79 Å². The summed E-state index contributed by atoms with van der Waals surface area (Å²) in [5.41, 5.74) is 7.65. The molecule has 1 amide bonds. The molecule has 3 rings (SSSR count). The fraction of sp³-hybridized carbons (Fsp3) is 0.250. The molecular weight excluding hydrogens is 366 g/mol. The van der Waals surface area contributed by atoms with Crippen molar-refractivity contribution < 1.29 is 19.4 Å². The summed E-state index contributed by atoms with van der Waals surface area (Å²) in [7, 11) is 0. The van der Waals surface area contributed by atoms with Crippen molar-refractivity contribution in [2.45, 2.75) is 39.2 Å². The Balaban J connectivity index is 0.000000321. The highest BCUT2D eigenvalue weighted by Gasteiger charge is 2.12. The van der Waals surface area contributed by atoms with Crippen LogP contribution in [0.25, 0.3) is 21.9 Å². The molecule has 0 atom stereocenters. The second kappa shape index (κ2) is 9.73. The first kappa shape index (κ1) is 22.0. The number of aryl methyl sites for hydroxylation is 1. The number of aliphatic carboxylic acids is 1. The first-order valence-corrected chi connectivity index (χ1v) is 9.42. The van der Waals surface area contributed by atoms with E-state index in [2.05, 4.69) is 47.2 Å². The van der Waals surface area contributed by atoms with Crippen LogP contribution in [0.3, 0.4) is 0 Å². The lowest BCUT2D eigenvalue weighted by Gasteiger charge is -2.16. The Labute approximate surface area is 171 Å². The second-order valence-corrected chi connectivity index (χ2v) is 7.69. The second-order valence-electron chi connectivity index (χ2n) is 7.69. The summed E-state index contributed by atoms with van der Waals surface area (Å²) in [5, 5.41) is 11.2. The molecule has 3 N–H and O–H groups in total. The number of benzene rings is 3. The minimum Gasteiger partial charge on any atom is -0.481 e. The SMILES string of the molecule is CC(C)(C)OC(N)=O.O=C(O)CCc1ccc(-c2ccc3ccccc3c2)cc1. The minimum atomic E-state index is -0.756. The Hall–Kier alpha value is -3.34. The molecular formula is C24H27NO4. The fourth-order valence-electron chi connectivity index (χ4n) is 2.79. The van der Waals surface area contributed by atoms with Gasteiger partial charge < -0.3 is 15.6 Å². The number of carboxylic acids is 1. The number of carbonyl (C=O) groups is 2. The Kier molecular flexibility index (Phi) is 7.37. The van der Waals surface area contributed by atoms with Gasteiger partial charge >= 0.3 is 12.1 Å². The van der Waals surface area contributed by atoms with Gasteiger partial charge in [-0.3, -0.25) is 4.79 Å². The van der Waals surface area contributed by atoms with E-state index in [1.807, 2.05) is 24.3 Å². The van der Waals surface area contributed by atoms with Crippen LogP contribution in [0, 0.1) is 0 Å². The van der Waals surface area contributed by atoms with E-state index in [-0.39, 0.29) is 6.42 Å². The predicted molar refractivity (Wildman–Crippen MR) is 116 cm³/mol. The first-order chi connectivity index (χ1) is 13.6. The zero-order chi connectivity index (χ0) is 21.4. The van der Waals surface area contributed by atoms with Crippen LogP contribution >= 0.6 is 0 Å². The van der Waals surface area contributed by atoms with Gasteiger partial charge in [-0.2, -0.15) is 0 Å². The number of amides is 1. The van der Waals surface area contributed by atoms with Gasteiger partial charge in [0.05, 0.1) is 0 Å². The van der Waals surface area contributed by atoms with Gasteiger partial charge in [-0.25, -0.2) is 4.79 Å². The van der Waals surface area contributed by atoms with Crippen molar-refractivity contribution in [3.8, 4) is 11.1 Å². The van der Waals surface area contributed by atoms with Crippen LogP contribution in [-0.4, -0.2) is 22.8 Å². The first-order valence-electron chi connectivity index (χ1n) is 9.42. The van der Waals surface area contributed by atoms with Crippen molar-refractivity contribution >= 4 is 22.8 Å². The number of carboxylic acid groups (broad SMARTS) is 1. The van der Waals surface area contributed by atoms with Gasteiger partial charge in [0.15, 0.2) is 0 Å². The average Bonchev–Trinajstić information content (AvgIpc) is 2.65. The number of hydrogen-bond donors (Lipinski definition) is 2. The molecule has 0 heterocycles. The summed E-state index contributed by atoms with van der Waals surface area (Å²) in [4.78, 5) is 20.6. The van der Waals surface area contributed by atoms with Gasteiger partial charge in [-0.1, -0.05) is 60.7 Å². The number of rotatable bonds is 4. The molecule has 0 saturated heterocycles. The predicted octanol–water partition coefficient (Wildman–Crippen LogP) is 5.40. The summed E-state index contributed by atoms with van der Waals surface area (Å²) in [6.45, 7) is 5.28. The molecule has 0 bridgehead atoms. The third-order valence-electron chi connectivity index (χ3n) is 4.07. The maximum absolute atomic E-state index is 10.6. The van der Waals surface area contributed by atoms with Gasteiger partial charge in [0.1, 0.15) is 5.60 Å². The van der Waals surface area contributed by atoms with E-state index >= 15 is 0 Å². The molecule has 0 aliphatic carbocycles. The van der Waals surface area contributed by atoms with Crippen LogP contribution in [0.2, 0.25) is 0 Å². The molecule has 0 radical (unpaired) electrons. The standard InChI is InChI=1S/C19H16O2.C5H11NO2/c20-19(21)12-7-14-5-8-16(9-6-14)18-11-10-15-3-1-2-4-17(15)13-18;1-5(2,3)8-4(6)7/h1-6,8-11,13H,7,12H2,(H,20,21);1-3H3,(H2,6,7). The largest absolute Gasteiger partial charge is 0.481 e. The van der Waals surface area contributed by atoms with Crippen molar-refractivity contribution in [2.24, 2.45) is 5.73 Å². The van der Waals surface area contributed by atoms with Crippen molar-refractivity contribution in [1.82, 2.24) is 0 Å². The smallest absolute Gasteiger partial charge is 0.405 e. The quantitative estimate of drug-likeness (QED) is 0.621. The third kappa shape index (κ3) is 7.66. The molecule has 5 heteroatoms. The third-order valence-corrected chi connectivity index (χ3v) is 4.07. The number of nitrogens with two attached hydrogens (primary N) is 1. The maximum Gasteiger partial charge on any atom is 0.405 e. The molecule has 0 aliphatic rings. The van der Waals surface area contributed by atoms with E-state index in [0.717, 1.165) is 11.1 Å². The van der Waals surface area contributed by atoms with Gasteiger partial charge in [0.2, 0.25) is 0 Å². The molecule has 29 heavy (non-hydrogen) atoms. The summed E-state index contributed by atoms with van der Waals surface area (Å²) in [6, 6.07) is 22.9. The van der Waals surface area contributed by atoms with Crippen LogP contribution in [0.15, 0.2) is 66.7 Å². The number of hydrogen-bond acceptors (Lipinski definition) is 3. The summed E-state index contributed by atoms with van der Waals surface area (Å²) in [6.07, 6.45) is 0.0281. The molecule has 0 spiro atoms. The Morgan fingerprint density at radius 3 is 2.00 bits per heavy atom. The van der Waals surface area contributed by atoms with Gasteiger partial charge in [-0.05, 0) is 60.7 Å². The van der Waals surface area contributed by atoms with Gasteiger partial charge in [0.25, 0.3) is 0 Å². The monoisotopic (exact) mass is 393 g/mol. The molecule has 0 saturated carbocycles. The Morgan fingerprint density at radius 2 is 1.48 bits per heavy atom. The van der Waals surface area contributed by atoms with E-state index in [1.165, 1.54) is 16.3 Å². The maximum atomic E-state index is 10.6. The van der Waals surface area contributed by atoms with E-state index in [0.29, 0.717) is 6.42 Å². The highest BCUT2D eigenvalue weighted by atomic mass is 16.6. The van der Waals surface area contributed by atoms with Crippen LogP contribution < -0.4 is 5.73 Å². The molecule has 0 aromatic heterocycles. The minimum absolute atomic E-state index is 0.176. The van der Waals surface area contributed by atoms with Crippen molar-refractivity contribution in [1.29, 1.82) is 0 Å². The van der Waals surface area contributed by atoms with E-state index in [4.69, 9.17) is 10.8 Å². The van der Waals surface area contributed by atoms with Crippen molar-refractivity contribution in [2.75, 3.05) is 0 Å². The fourth-order valence-corrected chi connectivity index (χ4v) is 2.79. The molecule has 152 valence electrons. The lowest BCUT2D eigenvalue weighted by atomic mass is 9.99. The molecule has 3 aromatic carbocycles. The van der Waals surface area contributed by atoms with E-state index < -0.39 is 17.7 Å². The Bertz CT molecular complexity index is 972. The highest BCUT2D eigenvalue weighted by molar-refractivity contribution is 5.87. The normalized spacial score (nSPS) is 10.7. The van der Waals surface area contributed by atoms with Gasteiger partial charge in [-0.15, -0.1) is 0 Å². The number of fused-ring (bicyclic) bond motifs is 1. The molecule has 0 fully saturated rings. The highest BCUT2D eigenvalue weighted by Crippen LogP contribution is 2.25. The average molecular weight is 393 g/mol. The van der Waals surface area contributed by atoms with Crippen LogP contribution in [0.5, 0.6) is 0 Å². The van der Waals surface area contributed by atoms with E-state index in [9.17, 15) is 9.59 Å².